The smallest absolute Gasteiger partial charge is 0.169 e. The third-order valence-corrected chi connectivity index (χ3v) is 7.27. The predicted molar refractivity (Wildman–Crippen MR) is 121 cm³/mol. The summed E-state index contributed by atoms with van der Waals surface area (Å²) in [6.07, 6.45) is 0. The highest BCUT2D eigenvalue weighted by Gasteiger charge is 2.23. The zero-order chi connectivity index (χ0) is 19.6. The van der Waals surface area contributed by atoms with Crippen molar-refractivity contribution in [1.29, 1.82) is 0 Å². The molecule has 0 atom stereocenters. The Bertz CT molecular complexity index is 1370. The van der Waals surface area contributed by atoms with Crippen LogP contribution in [0.4, 0.5) is 0 Å². The molecule has 28 heavy (non-hydrogen) atoms. The first-order valence-electron chi connectivity index (χ1n) is 9.37. The molecule has 0 unspecified atom stereocenters. The maximum atomic E-state index is 4.64. The first kappa shape index (κ1) is 17.6. The SMILES string of the molecule is Cc1cc(-c2c(-c3cc(C)sc3C)c3nnc(C)n3c3ccccc23)c(C)s1. The normalized spacial score (nSPS) is 11.8. The van der Waals surface area contributed by atoms with Crippen LogP contribution in [0.1, 0.15) is 25.3 Å². The molecule has 0 aliphatic carbocycles. The number of thiophene rings is 2. The summed E-state index contributed by atoms with van der Waals surface area (Å²) in [7, 11) is 0. The van der Waals surface area contributed by atoms with Crippen molar-refractivity contribution in [3.05, 3.63) is 61.7 Å². The second-order valence-electron chi connectivity index (χ2n) is 7.33. The van der Waals surface area contributed by atoms with Gasteiger partial charge in [-0.25, -0.2) is 0 Å². The van der Waals surface area contributed by atoms with E-state index < -0.39 is 0 Å². The molecule has 0 amide bonds. The van der Waals surface area contributed by atoms with Crippen LogP contribution in [0.3, 0.4) is 0 Å². The van der Waals surface area contributed by atoms with E-state index in [1.807, 2.05) is 29.6 Å². The molecular formula is C23H21N3S2. The number of pyridine rings is 1. The second kappa shape index (κ2) is 6.26. The summed E-state index contributed by atoms with van der Waals surface area (Å²) in [4.78, 5) is 5.31. The van der Waals surface area contributed by atoms with E-state index in [9.17, 15) is 0 Å². The van der Waals surface area contributed by atoms with Crippen molar-refractivity contribution >= 4 is 39.2 Å². The highest BCUT2D eigenvalue weighted by atomic mass is 32.1. The predicted octanol–water partition coefficient (Wildman–Crippen LogP) is 6.88. The molecular weight excluding hydrogens is 382 g/mol. The highest BCUT2D eigenvalue weighted by Crippen LogP contribution is 2.46. The van der Waals surface area contributed by atoms with Crippen molar-refractivity contribution in [2.24, 2.45) is 0 Å². The third-order valence-electron chi connectivity index (χ3n) is 5.33. The molecule has 5 aromatic rings. The van der Waals surface area contributed by atoms with Crippen LogP contribution in [-0.4, -0.2) is 14.6 Å². The van der Waals surface area contributed by atoms with Crippen molar-refractivity contribution in [3.63, 3.8) is 0 Å². The Morgan fingerprint density at radius 1 is 0.750 bits per heavy atom. The molecule has 3 nitrogen and oxygen atoms in total. The molecule has 5 heteroatoms. The number of hydrogen-bond acceptors (Lipinski definition) is 4. The molecule has 4 heterocycles. The monoisotopic (exact) mass is 403 g/mol. The Morgan fingerprint density at radius 3 is 1.96 bits per heavy atom. The fourth-order valence-corrected chi connectivity index (χ4v) is 6.09. The van der Waals surface area contributed by atoms with Crippen molar-refractivity contribution in [2.75, 3.05) is 0 Å². The van der Waals surface area contributed by atoms with E-state index in [4.69, 9.17) is 0 Å². The molecule has 0 bridgehead atoms. The number of nitrogens with zero attached hydrogens (tertiary/aromatic N) is 3. The molecule has 0 saturated carbocycles. The van der Waals surface area contributed by atoms with Gasteiger partial charge in [0, 0.05) is 36.0 Å². The lowest BCUT2D eigenvalue weighted by Gasteiger charge is -2.16. The Labute approximate surface area is 172 Å². The van der Waals surface area contributed by atoms with Crippen LogP contribution >= 0.6 is 22.7 Å². The van der Waals surface area contributed by atoms with Crippen LogP contribution in [0, 0.1) is 34.6 Å². The van der Waals surface area contributed by atoms with E-state index in [1.54, 1.807) is 0 Å². The number of hydrogen-bond donors (Lipinski definition) is 0. The maximum absolute atomic E-state index is 4.64. The van der Waals surface area contributed by atoms with Crippen LogP contribution < -0.4 is 0 Å². The summed E-state index contributed by atoms with van der Waals surface area (Å²) in [6, 6.07) is 13.2. The Morgan fingerprint density at radius 2 is 1.36 bits per heavy atom. The molecule has 0 saturated heterocycles. The summed E-state index contributed by atoms with van der Waals surface area (Å²) >= 11 is 3.70. The van der Waals surface area contributed by atoms with Crippen LogP contribution in [0.25, 0.3) is 38.8 Å². The molecule has 5 rings (SSSR count). The van der Waals surface area contributed by atoms with Crippen molar-refractivity contribution in [3.8, 4) is 22.3 Å². The van der Waals surface area contributed by atoms with Gasteiger partial charge in [0.2, 0.25) is 0 Å². The number of aryl methyl sites for hydroxylation is 5. The molecule has 140 valence electrons. The molecule has 0 radical (unpaired) electrons. The Hall–Kier alpha value is -2.50. The van der Waals surface area contributed by atoms with Crippen molar-refractivity contribution in [1.82, 2.24) is 14.6 Å². The zero-order valence-electron chi connectivity index (χ0n) is 16.6. The first-order chi connectivity index (χ1) is 13.5. The van der Waals surface area contributed by atoms with Crippen LogP contribution in [0.2, 0.25) is 0 Å². The number of aromatic nitrogens is 3. The molecule has 0 aliphatic heterocycles. The van der Waals surface area contributed by atoms with Gasteiger partial charge in [0.1, 0.15) is 5.82 Å². The quantitative estimate of drug-likeness (QED) is 0.321. The van der Waals surface area contributed by atoms with Gasteiger partial charge in [-0.1, -0.05) is 18.2 Å². The van der Waals surface area contributed by atoms with Gasteiger partial charge in [-0.15, -0.1) is 32.9 Å². The minimum absolute atomic E-state index is 0.918. The molecule has 4 aromatic heterocycles. The van der Waals surface area contributed by atoms with E-state index in [0.717, 1.165) is 17.0 Å². The largest absolute Gasteiger partial charge is 0.279 e. The van der Waals surface area contributed by atoms with E-state index in [-0.39, 0.29) is 0 Å². The summed E-state index contributed by atoms with van der Waals surface area (Å²) in [5.74, 6) is 0.918. The van der Waals surface area contributed by atoms with E-state index in [2.05, 4.69) is 78.7 Å². The second-order valence-corrected chi connectivity index (χ2v) is 10.2. The average Bonchev–Trinajstić information content (AvgIpc) is 3.31. The van der Waals surface area contributed by atoms with Gasteiger partial charge in [0.15, 0.2) is 5.65 Å². The standard InChI is InChI=1S/C23H21N3S2/c1-12-10-18(14(3)27-12)21-17-8-6-7-9-20(17)26-16(5)24-25-23(26)22(21)19-11-13(2)28-15(19)4/h6-11H,1-5H3. The summed E-state index contributed by atoms with van der Waals surface area (Å²) in [5.41, 5.74) is 7.14. The van der Waals surface area contributed by atoms with E-state index >= 15 is 0 Å². The average molecular weight is 404 g/mol. The van der Waals surface area contributed by atoms with E-state index in [0.29, 0.717) is 0 Å². The maximum Gasteiger partial charge on any atom is 0.169 e. The third kappa shape index (κ3) is 2.46. The van der Waals surface area contributed by atoms with Crippen LogP contribution in [-0.2, 0) is 0 Å². The van der Waals surface area contributed by atoms with Crippen molar-refractivity contribution in [2.45, 2.75) is 34.6 Å². The lowest BCUT2D eigenvalue weighted by Crippen LogP contribution is -1.98. The number of fused-ring (bicyclic) bond motifs is 3. The summed E-state index contributed by atoms with van der Waals surface area (Å²) in [5, 5.41) is 10.3. The van der Waals surface area contributed by atoms with Gasteiger partial charge in [0.25, 0.3) is 0 Å². The number of para-hydroxylation sites is 1. The first-order valence-corrected chi connectivity index (χ1v) is 11.0. The molecule has 0 N–H and O–H groups in total. The molecule has 0 spiro atoms. The summed E-state index contributed by atoms with van der Waals surface area (Å²) in [6.45, 7) is 10.8. The zero-order valence-corrected chi connectivity index (χ0v) is 18.3. The molecule has 1 aromatic carbocycles. The summed E-state index contributed by atoms with van der Waals surface area (Å²) < 4.78 is 2.20. The molecule has 0 fully saturated rings. The van der Waals surface area contributed by atoms with Gasteiger partial charge in [-0.2, -0.15) is 0 Å². The minimum Gasteiger partial charge on any atom is -0.279 e. The van der Waals surface area contributed by atoms with Crippen LogP contribution in [0.5, 0.6) is 0 Å². The Kier molecular flexibility index (Phi) is 3.93. The van der Waals surface area contributed by atoms with Gasteiger partial charge in [0.05, 0.1) is 5.52 Å². The molecule has 0 aliphatic rings. The van der Waals surface area contributed by atoms with Crippen LogP contribution in [0.15, 0.2) is 36.4 Å². The van der Waals surface area contributed by atoms with Gasteiger partial charge < -0.3 is 0 Å². The minimum atomic E-state index is 0.918. The number of benzene rings is 1. The lowest BCUT2D eigenvalue weighted by atomic mass is 9.92. The fraction of sp³-hybridized carbons (Fsp3) is 0.217. The van der Waals surface area contributed by atoms with Crippen molar-refractivity contribution < 1.29 is 0 Å². The number of rotatable bonds is 2. The van der Waals surface area contributed by atoms with Gasteiger partial charge in [-0.3, -0.25) is 4.40 Å². The fourth-order valence-electron chi connectivity index (χ4n) is 4.23. The van der Waals surface area contributed by atoms with Gasteiger partial charge >= 0.3 is 0 Å². The van der Waals surface area contributed by atoms with E-state index in [1.165, 1.54) is 47.1 Å². The van der Waals surface area contributed by atoms with Gasteiger partial charge in [-0.05, 0) is 63.9 Å². The topological polar surface area (TPSA) is 30.2 Å². The lowest BCUT2D eigenvalue weighted by molar-refractivity contribution is 1.02. The Balaban J connectivity index is 2.08. The highest BCUT2D eigenvalue weighted by molar-refractivity contribution is 7.12.